The number of ether oxygens (including phenoxy) is 2. The summed E-state index contributed by atoms with van der Waals surface area (Å²) in [6.07, 6.45) is 0. The Morgan fingerprint density at radius 3 is 2.15 bits per heavy atom. The van der Waals surface area contributed by atoms with Crippen molar-refractivity contribution in [1.82, 2.24) is 0 Å². The first-order chi connectivity index (χ1) is 15.7. The van der Waals surface area contributed by atoms with Crippen molar-refractivity contribution in [2.24, 2.45) is 0 Å². The van der Waals surface area contributed by atoms with Crippen molar-refractivity contribution >= 4 is 38.9 Å². The van der Waals surface area contributed by atoms with Gasteiger partial charge in [0.15, 0.2) is 11.5 Å². The van der Waals surface area contributed by atoms with Gasteiger partial charge in [-0.3, -0.25) is 9.52 Å². The molecule has 0 radical (unpaired) electrons. The van der Waals surface area contributed by atoms with Gasteiger partial charge in [-0.05, 0) is 80.9 Å². The van der Waals surface area contributed by atoms with Crippen molar-refractivity contribution in [2.75, 3.05) is 23.3 Å². The lowest BCUT2D eigenvalue weighted by Crippen LogP contribution is -2.14. The number of hydrogen-bond acceptors (Lipinski definition) is 5. The second kappa shape index (κ2) is 10.6. The predicted molar refractivity (Wildman–Crippen MR) is 130 cm³/mol. The molecule has 7 nitrogen and oxygen atoms in total. The van der Waals surface area contributed by atoms with Gasteiger partial charge in [-0.15, -0.1) is 0 Å². The van der Waals surface area contributed by atoms with Crippen LogP contribution >= 0.6 is 11.6 Å². The first-order valence-corrected chi connectivity index (χ1v) is 12.2. The number of nitrogens with one attached hydrogen (secondary N) is 2. The highest BCUT2D eigenvalue weighted by Crippen LogP contribution is 2.29. The molecule has 0 fully saturated rings. The van der Waals surface area contributed by atoms with Crippen molar-refractivity contribution in [3.8, 4) is 11.5 Å². The fourth-order valence-corrected chi connectivity index (χ4v) is 4.21. The monoisotopic (exact) mass is 488 g/mol. The van der Waals surface area contributed by atoms with Crippen LogP contribution in [0, 0.1) is 6.92 Å². The van der Waals surface area contributed by atoms with Crippen molar-refractivity contribution < 1.29 is 22.7 Å². The summed E-state index contributed by atoms with van der Waals surface area (Å²) in [6.45, 7) is 6.46. The average Bonchev–Trinajstić information content (AvgIpc) is 2.78. The predicted octanol–water partition coefficient (Wildman–Crippen LogP) is 5.50. The minimum Gasteiger partial charge on any atom is -0.490 e. The molecule has 174 valence electrons. The molecule has 0 saturated heterocycles. The highest BCUT2D eigenvalue weighted by Gasteiger charge is 2.16. The number of sulfonamides is 1. The molecule has 0 aromatic heterocycles. The van der Waals surface area contributed by atoms with Crippen molar-refractivity contribution in [1.29, 1.82) is 0 Å². The second-order valence-corrected chi connectivity index (χ2v) is 9.17. The molecular weight excluding hydrogens is 464 g/mol. The number of carbonyl (C=O) groups excluding carboxylic acids is 1. The van der Waals surface area contributed by atoms with Gasteiger partial charge in [0.25, 0.3) is 15.9 Å². The van der Waals surface area contributed by atoms with Gasteiger partial charge in [0.1, 0.15) is 0 Å². The van der Waals surface area contributed by atoms with Crippen LogP contribution in [0.2, 0.25) is 5.02 Å². The quantitative estimate of drug-likeness (QED) is 0.415. The fraction of sp³-hybridized carbons (Fsp3) is 0.208. The van der Waals surface area contributed by atoms with E-state index in [1.165, 1.54) is 24.3 Å². The number of rotatable bonds is 9. The van der Waals surface area contributed by atoms with Crippen LogP contribution in [-0.2, 0) is 10.0 Å². The number of carbonyl (C=O) groups is 1. The molecule has 0 unspecified atom stereocenters. The number of amides is 1. The van der Waals surface area contributed by atoms with Gasteiger partial charge in [-0.2, -0.15) is 0 Å². The summed E-state index contributed by atoms with van der Waals surface area (Å²) < 4.78 is 38.9. The van der Waals surface area contributed by atoms with E-state index < -0.39 is 10.0 Å². The van der Waals surface area contributed by atoms with E-state index in [4.69, 9.17) is 21.1 Å². The molecule has 0 heterocycles. The Morgan fingerprint density at radius 2 is 1.52 bits per heavy atom. The van der Waals surface area contributed by atoms with Crippen LogP contribution in [0.15, 0.2) is 65.6 Å². The Kier molecular flexibility index (Phi) is 7.84. The molecule has 9 heteroatoms. The molecule has 33 heavy (non-hydrogen) atoms. The van der Waals surface area contributed by atoms with Crippen LogP contribution in [0.5, 0.6) is 11.5 Å². The molecule has 3 aromatic rings. The van der Waals surface area contributed by atoms with Crippen molar-refractivity contribution in [3.63, 3.8) is 0 Å². The van der Waals surface area contributed by atoms with E-state index in [0.717, 1.165) is 5.56 Å². The maximum atomic E-state index is 12.7. The standard InChI is InChI=1S/C24H25ClN2O5S/c1-4-31-22-13-7-17(14-23(22)32-5-2)24(28)26-18-9-11-20(12-10-18)33(29,30)27-19-8-6-16(3)21(25)15-19/h6-15,27H,4-5H2,1-3H3,(H,26,28). The van der Waals surface area contributed by atoms with Crippen LogP contribution in [-0.4, -0.2) is 27.5 Å². The third-order valence-corrected chi connectivity index (χ3v) is 6.46. The summed E-state index contributed by atoms with van der Waals surface area (Å²) in [5, 5.41) is 3.22. The lowest BCUT2D eigenvalue weighted by Gasteiger charge is -2.13. The zero-order valence-corrected chi connectivity index (χ0v) is 20.1. The molecule has 0 spiro atoms. The van der Waals surface area contributed by atoms with Crippen LogP contribution < -0.4 is 19.5 Å². The summed E-state index contributed by atoms with van der Waals surface area (Å²) in [6, 6.07) is 15.7. The zero-order chi connectivity index (χ0) is 24.0. The molecule has 0 atom stereocenters. The molecule has 2 N–H and O–H groups in total. The topological polar surface area (TPSA) is 93.7 Å². The zero-order valence-electron chi connectivity index (χ0n) is 18.5. The van der Waals surface area contributed by atoms with E-state index >= 15 is 0 Å². The second-order valence-electron chi connectivity index (χ2n) is 7.08. The minimum absolute atomic E-state index is 0.0527. The van der Waals surface area contributed by atoms with E-state index in [1.54, 1.807) is 36.4 Å². The number of hydrogen-bond donors (Lipinski definition) is 2. The Bertz CT molecular complexity index is 1240. The first kappa shape index (κ1) is 24.4. The van der Waals surface area contributed by atoms with Crippen molar-refractivity contribution in [3.05, 3.63) is 76.8 Å². The molecule has 3 rings (SSSR count). The third-order valence-electron chi connectivity index (χ3n) is 4.65. The van der Waals surface area contributed by atoms with E-state index in [2.05, 4.69) is 10.0 Å². The van der Waals surface area contributed by atoms with Gasteiger partial charge in [0.05, 0.1) is 23.8 Å². The molecule has 0 aliphatic rings. The summed E-state index contributed by atoms with van der Waals surface area (Å²) in [7, 11) is -3.81. The molecule has 0 saturated carbocycles. The molecule has 0 aliphatic heterocycles. The minimum atomic E-state index is -3.81. The Balaban J connectivity index is 1.72. The SMILES string of the molecule is CCOc1ccc(C(=O)Nc2ccc(S(=O)(=O)Nc3ccc(C)c(Cl)c3)cc2)cc1OCC. The Labute approximate surface area is 198 Å². The molecule has 0 aliphatic carbocycles. The van der Waals surface area contributed by atoms with E-state index in [-0.39, 0.29) is 10.8 Å². The molecule has 3 aromatic carbocycles. The van der Waals surface area contributed by atoms with E-state index in [9.17, 15) is 13.2 Å². The van der Waals surface area contributed by atoms with Crippen LogP contribution in [0.1, 0.15) is 29.8 Å². The Hall–Kier alpha value is -3.23. The Morgan fingerprint density at radius 1 is 0.879 bits per heavy atom. The third kappa shape index (κ3) is 6.18. The normalized spacial score (nSPS) is 11.0. The average molecular weight is 489 g/mol. The lowest BCUT2D eigenvalue weighted by atomic mass is 10.2. The number of halogens is 1. The molecule has 0 bridgehead atoms. The van der Waals surface area contributed by atoms with Crippen LogP contribution in [0.3, 0.4) is 0 Å². The van der Waals surface area contributed by atoms with Gasteiger partial charge in [-0.1, -0.05) is 17.7 Å². The largest absolute Gasteiger partial charge is 0.490 e. The summed E-state index contributed by atoms with van der Waals surface area (Å²) in [4.78, 5) is 12.7. The molecular formula is C24H25ClN2O5S. The maximum absolute atomic E-state index is 12.7. The molecule has 1 amide bonds. The van der Waals surface area contributed by atoms with E-state index in [0.29, 0.717) is 46.7 Å². The van der Waals surface area contributed by atoms with Gasteiger partial charge in [-0.25, -0.2) is 8.42 Å². The summed E-state index contributed by atoms with van der Waals surface area (Å²) in [5.74, 6) is 0.686. The van der Waals surface area contributed by atoms with Gasteiger partial charge in [0.2, 0.25) is 0 Å². The smallest absolute Gasteiger partial charge is 0.261 e. The fourth-order valence-electron chi connectivity index (χ4n) is 2.98. The van der Waals surface area contributed by atoms with Gasteiger partial charge >= 0.3 is 0 Å². The number of benzene rings is 3. The maximum Gasteiger partial charge on any atom is 0.261 e. The number of anilines is 2. The highest BCUT2D eigenvalue weighted by molar-refractivity contribution is 7.92. The van der Waals surface area contributed by atoms with Gasteiger partial charge in [0, 0.05) is 16.3 Å². The summed E-state index contributed by atoms with van der Waals surface area (Å²) >= 11 is 6.07. The van der Waals surface area contributed by atoms with Crippen molar-refractivity contribution in [2.45, 2.75) is 25.7 Å². The summed E-state index contributed by atoms with van der Waals surface area (Å²) in [5.41, 5.74) is 2.05. The van der Waals surface area contributed by atoms with Crippen LogP contribution in [0.25, 0.3) is 0 Å². The van der Waals surface area contributed by atoms with Gasteiger partial charge < -0.3 is 14.8 Å². The first-order valence-electron chi connectivity index (χ1n) is 10.3. The van der Waals surface area contributed by atoms with E-state index in [1.807, 2.05) is 20.8 Å². The van der Waals surface area contributed by atoms with Crippen LogP contribution in [0.4, 0.5) is 11.4 Å². The lowest BCUT2D eigenvalue weighted by molar-refractivity contribution is 0.102. The number of aryl methyl sites for hydroxylation is 1. The highest BCUT2D eigenvalue weighted by atomic mass is 35.5.